The molecule has 0 fully saturated rings. The molecule has 2 aromatic carbocycles. The van der Waals surface area contributed by atoms with Crippen molar-refractivity contribution in [2.75, 3.05) is 0 Å². The van der Waals surface area contributed by atoms with Crippen molar-refractivity contribution in [1.29, 1.82) is 0 Å². The van der Waals surface area contributed by atoms with Gasteiger partial charge in [-0.3, -0.25) is 29.5 Å². The van der Waals surface area contributed by atoms with Crippen LogP contribution in [0.5, 0.6) is 11.8 Å². The third kappa shape index (κ3) is 23.8. The summed E-state index contributed by atoms with van der Waals surface area (Å²) < 4.78 is 66.1. The monoisotopic (exact) mass is 939 g/mol. The van der Waals surface area contributed by atoms with E-state index in [1.807, 2.05) is 9.97 Å². The smallest absolute Gasteiger partial charge is 0.744 e. The van der Waals surface area contributed by atoms with E-state index >= 15 is 0 Å². The minimum Gasteiger partial charge on any atom is -0.744 e. The number of aromatic nitrogens is 4. The first-order chi connectivity index (χ1) is 19.6. The average Bonchev–Trinajstić information content (AvgIpc) is 2.87. The molecule has 0 saturated heterocycles. The van der Waals surface area contributed by atoms with Gasteiger partial charge >= 0.3 is 28.2 Å². The van der Waals surface area contributed by atoms with E-state index in [-0.39, 0.29) is 105 Å². The quantitative estimate of drug-likeness (QED) is 0.0597. The Morgan fingerprint density at radius 3 is 0.930 bits per heavy atom. The Kier molecular flexibility index (Phi) is 56.0. The van der Waals surface area contributed by atoms with Gasteiger partial charge in [-0.05, 0) is 24.3 Å². The fraction of sp³-hybridized carbons (Fsp3) is 0. The van der Waals surface area contributed by atoms with Gasteiger partial charge in [-0.15, -0.1) is 20.5 Å². The molecule has 0 aliphatic rings. The molecule has 339 valence electrons. The molecular weight excluding hydrogens is 891 g/mol. The summed E-state index contributed by atoms with van der Waals surface area (Å²) >= 11 is 0. The standard InChI is InChI=1S/2C10H8N4O6S.Co.14H2O/c2*15-8-7(9(16)12-10(17)11-8)14-13-5-3-1-2-4-6(5)21(18,19)20;;;;;;;;;;;;;;;/h2*1-4H,(H,18,19,20)(H3,11,12,15,16,17);;14*1H2/q;;+2;;;;;;;;;;;;;;/p+4. The molecular formula is C20H48CoN8O26S2+6. The van der Waals surface area contributed by atoms with E-state index in [2.05, 4.69) is 20.5 Å². The third-order valence-corrected chi connectivity index (χ3v) is 6.35. The van der Waals surface area contributed by atoms with Gasteiger partial charge in [0, 0.05) is 0 Å². The second-order valence-electron chi connectivity index (χ2n) is 7.45. The van der Waals surface area contributed by atoms with Crippen LogP contribution in [0.15, 0.2) is 98.0 Å². The van der Waals surface area contributed by atoms with Crippen LogP contribution in [0.1, 0.15) is 0 Å². The molecule has 2 aromatic heterocycles. The van der Waals surface area contributed by atoms with Crippen molar-refractivity contribution in [3.05, 3.63) is 90.2 Å². The Bertz CT molecular complexity index is 2040. The number of nitrogens with zero attached hydrogens (tertiary/aromatic N) is 4. The van der Waals surface area contributed by atoms with E-state index in [1.165, 1.54) is 36.4 Å². The molecule has 0 aliphatic carbocycles. The topological polar surface area (TPSA) is 786 Å². The fourth-order valence-electron chi connectivity index (χ4n) is 2.83. The summed E-state index contributed by atoms with van der Waals surface area (Å²) in [6, 6.07) is 9.85. The van der Waals surface area contributed by atoms with Crippen LogP contribution in [0.2, 0.25) is 0 Å². The van der Waals surface area contributed by atoms with Crippen molar-refractivity contribution >= 4 is 43.0 Å². The molecule has 0 unspecified atom stereocenters. The third-order valence-electron chi connectivity index (χ3n) is 4.58. The predicted molar refractivity (Wildman–Crippen MR) is 194 cm³/mol. The number of nitrogens with one attached hydrogen (secondary N) is 4. The van der Waals surface area contributed by atoms with E-state index in [9.17, 15) is 55.3 Å². The first-order valence-electron chi connectivity index (χ1n) is 10.6. The van der Waals surface area contributed by atoms with E-state index in [0.29, 0.717) is 0 Å². The SMILES string of the molecule is O.O.O.O.O.O.O.O.O=c1[nH]c(O)c(N=Nc2ccccc2S(=O)(=O)[O-])c(=O)[nH]1.O=c1[nH]c(O)c(N=Nc2ccccc2S(=O)(=O)[O-])c(=O)[nH]1.[Co+2].[OH3+].[OH3+].[OH3+].[OH3+].[OH3+].[OH3+]. The average molecular weight is 940 g/mol. The van der Waals surface area contributed by atoms with Gasteiger partial charge in [0.1, 0.15) is 31.6 Å². The summed E-state index contributed by atoms with van der Waals surface area (Å²) in [7, 11) is -9.55. The first-order valence-corrected chi connectivity index (χ1v) is 13.4. The molecule has 4 aromatic rings. The van der Waals surface area contributed by atoms with Gasteiger partial charge in [-0.1, -0.05) is 24.3 Å². The number of aromatic amines is 4. The Morgan fingerprint density at radius 2 is 0.702 bits per heavy atom. The molecule has 40 N–H and O–H groups in total. The maximum absolute atomic E-state index is 11.4. The van der Waals surface area contributed by atoms with Crippen molar-refractivity contribution < 1.29 is 130 Å². The van der Waals surface area contributed by atoms with Gasteiger partial charge in [0.25, 0.3) is 11.1 Å². The number of azo groups is 2. The van der Waals surface area contributed by atoms with Crippen LogP contribution in [-0.4, -0.2) is 99.9 Å². The van der Waals surface area contributed by atoms with Crippen LogP contribution in [0, 0.1) is 0 Å². The zero-order valence-electron chi connectivity index (χ0n) is 28.0. The zero-order valence-corrected chi connectivity index (χ0v) is 30.7. The van der Waals surface area contributed by atoms with Gasteiger partial charge in [-0.25, -0.2) is 26.4 Å². The molecule has 0 atom stereocenters. The second-order valence-corrected chi connectivity index (χ2v) is 10.2. The normalized spacial score (nSPS) is 8.74. The second kappa shape index (κ2) is 36.0. The van der Waals surface area contributed by atoms with Crippen molar-refractivity contribution in [1.82, 2.24) is 19.9 Å². The number of hydrogen-bond acceptors (Lipinski definition) is 16. The molecule has 57 heavy (non-hydrogen) atoms. The summed E-state index contributed by atoms with van der Waals surface area (Å²) in [5.74, 6) is -1.68. The van der Waals surface area contributed by atoms with Crippen LogP contribution < -0.4 is 22.5 Å². The van der Waals surface area contributed by atoms with E-state index in [1.54, 1.807) is 9.97 Å². The molecule has 0 aliphatic heterocycles. The molecule has 4 rings (SSSR count). The van der Waals surface area contributed by atoms with Gasteiger partial charge < -0.3 is 96.0 Å². The molecule has 0 amide bonds. The van der Waals surface area contributed by atoms with Crippen molar-refractivity contribution in [3.63, 3.8) is 0 Å². The largest absolute Gasteiger partial charge is 2.00 e. The van der Waals surface area contributed by atoms with Crippen molar-refractivity contribution in [2.24, 2.45) is 20.5 Å². The van der Waals surface area contributed by atoms with E-state index in [4.69, 9.17) is 0 Å². The molecule has 34 nitrogen and oxygen atoms in total. The number of H-pyrrole nitrogens is 4. The molecule has 0 spiro atoms. The molecule has 37 heteroatoms. The van der Waals surface area contributed by atoms with Crippen molar-refractivity contribution in [2.45, 2.75) is 9.79 Å². The Balaban J connectivity index is -0.0000000489. The van der Waals surface area contributed by atoms with Crippen molar-refractivity contribution in [3.8, 4) is 11.8 Å². The first kappa shape index (κ1) is 88.5. The van der Waals surface area contributed by atoms with Crippen LogP contribution >= 0.6 is 0 Å². The van der Waals surface area contributed by atoms with Gasteiger partial charge in [0.15, 0.2) is 0 Å². The summed E-state index contributed by atoms with van der Waals surface area (Å²) in [5.41, 5.74) is -5.82. The van der Waals surface area contributed by atoms with E-state index in [0.717, 1.165) is 12.1 Å². The molecule has 0 saturated carbocycles. The minimum atomic E-state index is -4.77. The van der Waals surface area contributed by atoms with Gasteiger partial charge in [-0.2, -0.15) is 0 Å². The number of rotatable bonds is 6. The maximum atomic E-state index is 11.4. The number of aromatic hydroxyl groups is 2. The Labute approximate surface area is 324 Å². The van der Waals surface area contributed by atoms with Crippen LogP contribution in [-0.2, 0) is 69.9 Å². The summed E-state index contributed by atoms with van der Waals surface area (Å²) in [5, 5.41) is 32.3. The predicted octanol–water partition coefficient (Wildman–Crippen LogP) is -12.0. The minimum absolute atomic E-state index is 0. The molecule has 1 radical (unpaired) electrons. The van der Waals surface area contributed by atoms with Crippen LogP contribution in [0.25, 0.3) is 0 Å². The van der Waals surface area contributed by atoms with Crippen LogP contribution in [0.3, 0.4) is 0 Å². The Morgan fingerprint density at radius 1 is 0.456 bits per heavy atom. The molecule has 0 bridgehead atoms. The summed E-state index contributed by atoms with van der Waals surface area (Å²) in [6.07, 6.45) is 0. The maximum Gasteiger partial charge on any atom is 2.00 e. The number of benzene rings is 2. The van der Waals surface area contributed by atoms with Gasteiger partial charge in [0.05, 0.1) is 9.79 Å². The van der Waals surface area contributed by atoms with E-state index < -0.39 is 75.7 Å². The summed E-state index contributed by atoms with van der Waals surface area (Å²) in [4.78, 5) is 50.6. The van der Waals surface area contributed by atoms with Gasteiger partial charge in [0.2, 0.25) is 23.1 Å². The van der Waals surface area contributed by atoms with Crippen LogP contribution in [0.4, 0.5) is 22.7 Å². The molecule has 2 heterocycles. The zero-order chi connectivity index (χ0) is 31.2. The fourth-order valence-corrected chi connectivity index (χ4v) is 4.05. The number of hydrogen-bond donors (Lipinski definition) is 6. The summed E-state index contributed by atoms with van der Waals surface area (Å²) in [6.45, 7) is 0. The Hall–Kier alpha value is -5.63.